The van der Waals surface area contributed by atoms with Gasteiger partial charge in [-0.3, -0.25) is 0 Å². The van der Waals surface area contributed by atoms with E-state index < -0.39 is 0 Å². The van der Waals surface area contributed by atoms with Gasteiger partial charge in [0, 0.05) is 12.1 Å². The predicted molar refractivity (Wildman–Crippen MR) is 93.4 cm³/mol. The second-order valence-electron chi connectivity index (χ2n) is 7.23. The van der Waals surface area contributed by atoms with Gasteiger partial charge in [-0.2, -0.15) is 0 Å². The molecular weight excluding hydrogens is 286 g/mol. The van der Waals surface area contributed by atoms with Crippen molar-refractivity contribution in [2.75, 3.05) is 13.7 Å². The maximum atomic E-state index is 9.75. The highest BCUT2D eigenvalue weighted by Gasteiger charge is 2.26. The van der Waals surface area contributed by atoms with Crippen molar-refractivity contribution < 1.29 is 9.84 Å². The van der Waals surface area contributed by atoms with Crippen molar-refractivity contribution in [1.29, 1.82) is 0 Å². The molecule has 3 nitrogen and oxygen atoms in total. The van der Waals surface area contributed by atoms with E-state index in [-0.39, 0.29) is 11.5 Å². The Balaban J connectivity index is 2.12. The van der Waals surface area contributed by atoms with Crippen molar-refractivity contribution in [3.63, 3.8) is 0 Å². The molecule has 122 valence electrons. The molecule has 2 aromatic rings. The summed E-state index contributed by atoms with van der Waals surface area (Å²) in [5.41, 5.74) is 4.97. The van der Waals surface area contributed by atoms with Crippen LogP contribution >= 0.6 is 0 Å². The molecular formula is C20H25NO2. The third-order valence-electron chi connectivity index (χ3n) is 4.59. The van der Waals surface area contributed by atoms with E-state index in [1.165, 1.54) is 16.7 Å². The summed E-state index contributed by atoms with van der Waals surface area (Å²) in [5, 5.41) is 13.4. The number of rotatable bonds is 2. The minimum absolute atomic E-state index is 0.0907. The summed E-state index contributed by atoms with van der Waals surface area (Å²) in [6.45, 7) is 7.56. The highest BCUT2D eigenvalue weighted by Crippen LogP contribution is 2.37. The van der Waals surface area contributed by atoms with Gasteiger partial charge in [0.1, 0.15) is 11.5 Å². The Hall–Kier alpha value is -2.00. The number of hydrogen-bond donors (Lipinski definition) is 2. The zero-order chi connectivity index (χ0) is 16.6. The van der Waals surface area contributed by atoms with E-state index in [1.807, 2.05) is 12.1 Å². The molecule has 1 heterocycles. The molecule has 2 N–H and O–H groups in total. The van der Waals surface area contributed by atoms with Crippen LogP contribution < -0.4 is 10.1 Å². The zero-order valence-corrected chi connectivity index (χ0v) is 14.3. The lowest BCUT2D eigenvalue weighted by atomic mass is 9.83. The first-order valence-corrected chi connectivity index (χ1v) is 8.14. The van der Waals surface area contributed by atoms with Crippen LogP contribution in [0, 0.1) is 0 Å². The van der Waals surface area contributed by atoms with E-state index in [4.69, 9.17) is 4.74 Å². The quantitative estimate of drug-likeness (QED) is 0.883. The maximum absolute atomic E-state index is 9.75. The van der Waals surface area contributed by atoms with Crippen LogP contribution in [0.15, 0.2) is 36.4 Å². The summed E-state index contributed by atoms with van der Waals surface area (Å²) in [6.07, 6.45) is 0.932. The lowest BCUT2D eigenvalue weighted by Gasteiger charge is -2.30. The van der Waals surface area contributed by atoms with Crippen molar-refractivity contribution in [3.05, 3.63) is 58.7 Å². The Morgan fingerprint density at radius 2 is 1.87 bits per heavy atom. The monoisotopic (exact) mass is 311 g/mol. The Labute approximate surface area is 138 Å². The molecule has 0 saturated carbocycles. The summed E-state index contributed by atoms with van der Waals surface area (Å²) < 4.78 is 5.62. The van der Waals surface area contributed by atoms with Crippen molar-refractivity contribution in [2.24, 2.45) is 0 Å². The Morgan fingerprint density at radius 1 is 1.09 bits per heavy atom. The molecule has 0 aromatic heterocycles. The number of aromatic hydroxyl groups is 1. The molecule has 1 aliphatic rings. The Morgan fingerprint density at radius 3 is 2.57 bits per heavy atom. The van der Waals surface area contributed by atoms with Crippen LogP contribution in [0.5, 0.6) is 11.5 Å². The molecule has 1 unspecified atom stereocenters. The number of benzene rings is 2. The first-order chi connectivity index (χ1) is 10.9. The number of phenolic OH excluding ortho intramolecular Hbond substituents is 1. The Bertz CT molecular complexity index is 716. The summed E-state index contributed by atoms with van der Waals surface area (Å²) in [4.78, 5) is 0. The summed E-state index contributed by atoms with van der Waals surface area (Å²) >= 11 is 0. The van der Waals surface area contributed by atoms with E-state index in [1.54, 1.807) is 13.2 Å². The zero-order valence-electron chi connectivity index (χ0n) is 14.3. The second kappa shape index (κ2) is 5.89. The van der Waals surface area contributed by atoms with Gasteiger partial charge in [-0.1, -0.05) is 32.9 Å². The average Bonchev–Trinajstić information content (AvgIpc) is 2.52. The summed E-state index contributed by atoms with van der Waals surface area (Å²) in [5.74, 6) is 1.23. The van der Waals surface area contributed by atoms with Gasteiger partial charge in [0.15, 0.2) is 0 Å². The van der Waals surface area contributed by atoms with Crippen LogP contribution in [0.3, 0.4) is 0 Å². The highest BCUT2D eigenvalue weighted by atomic mass is 16.5. The van der Waals surface area contributed by atoms with Gasteiger partial charge in [-0.25, -0.2) is 0 Å². The van der Waals surface area contributed by atoms with Crippen LogP contribution in [-0.2, 0) is 11.8 Å². The normalized spacial score (nSPS) is 17.7. The lowest BCUT2D eigenvalue weighted by Crippen LogP contribution is -2.31. The van der Waals surface area contributed by atoms with E-state index in [0.29, 0.717) is 5.75 Å². The lowest BCUT2D eigenvalue weighted by molar-refractivity contribution is 0.401. The number of nitrogens with one attached hydrogen (secondary N) is 1. The van der Waals surface area contributed by atoms with Crippen molar-refractivity contribution >= 4 is 0 Å². The molecule has 0 amide bonds. The van der Waals surface area contributed by atoms with Gasteiger partial charge in [-0.15, -0.1) is 0 Å². The number of ether oxygens (including phenoxy) is 1. The molecule has 1 aliphatic heterocycles. The fraction of sp³-hybridized carbons (Fsp3) is 0.400. The van der Waals surface area contributed by atoms with Crippen LogP contribution in [0.1, 0.15) is 49.1 Å². The minimum atomic E-state index is 0.0907. The Kier molecular flexibility index (Phi) is 4.07. The maximum Gasteiger partial charge on any atom is 0.124 e. The van der Waals surface area contributed by atoms with Gasteiger partial charge in [-0.05, 0) is 52.8 Å². The molecule has 0 spiro atoms. The predicted octanol–water partition coefficient (Wildman–Crippen LogP) is 3.93. The van der Waals surface area contributed by atoms with Crippen molar-refractivity contribution in [2.45, 2.75) is 38.6 Å². The van der Waals surface area contributed by atoms with Crippen LogP contribution in [0.4, 0.5) is 0 Å². The standard InChI is InChI=1S/C20H25NO2/c1-20(2,3)14-5-8-18(23-4)17(12-14)19-16-7-6-15(22)11-13(16)9-10-21-19/h5-8,11-12,19,21-22H,9-10H2,1-4H3. The topological polar surface area (TPSA) is 41.5 Å². The largest absolute Gasteiger partial charge is 0.508 e. The molecule has 0 saturated heterocycles. The number of phenols is 1. The van der Waals surface area contributed by atoms with Gasteiger partial charge in [0.05, 0.1) is 13.2 Å². The molecule has 0 bridgehead atoms. The van der Waals surface area contributed by atoms with E-state index in [9.17, 15) is 5.11 Å². The van der Waals surface area contributed by atoms with E-state index >= 15 is 0 Å². The second-order valence-corrected chi connectivity index (χ2v) is 7.23. The molecule has 1 atom stereocenters. The van der Waals surface area contributed by atoms with Gasteiger partial charge in [0.2, 0.25) is 0 Å². The first kappa shape index (κ1) is 15.9. The number of hydrogen-bond acceptors (Lipinski definition) is 3. The number of fused-ring (bicyclic) bond motifs is 1. The van der Waals surface area contributed by atoms with E-state index in [2.05, 4.69) is 44.3 Å². The smallest absolute Gasteiger partial charge is 0.124 e. The molecule has 3 rings (SSSR count). The van der Waals surface area contributed by atoms with Gasteiger partial charge in [0.25, 0.3) is 0 Å². The van der Waals surface area contributed by atoms with Crippen molar-refractivity contribution in [1.82, 2.24) is 5.32 Å². The van der Waals surface area contributed by atoms with Gasteiger partial charge >= 0.3 is 0 Å². The molecule has 3 heteroatoms. The first-order valence-electron chi connectivity index (χ1n) is 8.14. The van der Waals surface area contributed by atoms with Crippen LogP contribution in [0.2, 0.25) is 0 Å². The molecule has 23 heavy (non-hydrogen) atoms. The fourth-order valence-corrected chi connectivity index (χ4v) is 3.26. The molecule has 0 fully saturated rings. The average molecular weight is 311 g/mol. The van der Waals surface area contributed by atoms with Crippen molar-refractivity contribution in [3.8, 4) is 11.5 Å². The van der Waals surface area contributed by atoms with E-state index in [0.717, 1.165) is 24.3 Å². The third-order valence-corrected chi connectivity index (χ3v) is 4.59. The molecule has 2 aromatic carbocycles. The molecule has 0 radical (unpaired) electrons. The number of methoxy groups -OCH3 is 1. The summed E-state index contributed by atoms with van der Waals surface area (Å²) in [6, 6.07) is 12.2. The fourth-order valence-electron chi connectivity index (χ4n) is 3.26. The third kappa shape index (κ3) is 3.06. The van der Waals surface area contributed by atoms with Gasteiger partial charge < -0.3 is 15.2 Å². The van der Waals surface area contributed by atoms with Crippen LogP contribution in [-0.4, -0.2) is 18.8 Å². The summed E-state index contributed by atoms with van der Waals surface area (Å²) in [7, 11) is 1.72. The molecule has 0 aliphatic carbocycles. The minimum Gasteiger partial charge on any atom is -0.508 e. The highest BCUT2D eigenvalue weighted by molar-refractivity contribution is 5.49. The van der Waals surface area contributed by atoms with Crippen LogP contribution in [0.25, 0.3) is 0 Å². The SMILES string of the molecule is COc1ccc(C(C)(C)C)cc1C1NCCc2cc(O)ccc21.